The van der Waals surface area contributed by atoms with Crippen molar-refractivity contribution in [3.8, 4) is 23.5 Å². The Balaban J connectivity index is 2.70. The minimum Gasteiger partial charge on any atom is -0.438 e. The fourth-order valence-corrected chi connectivity index (χ4v) is 1.55. The number of furan rings is 1. The van der Waals surface area contributed by atoms with E-state index in [0.717, 1.165) is 0 Å². The van der Waals surface area contributed by atoms with Gasteiger partial charge in [0.05, 0.1) is 0 Å². The molecule has 5 heteroatoms. The van der Waals surface area contributed by atoms with Gasteiger partial charge < -0.3 is 15.9 Å². The summed E-state index contributed by atoms with van der Waals surface area (Å²) in [5.41, 5.74) is 12.5. The molecule has 0 fully saturated rings. The molecule has 1 heterocycles. The van der Waals surface area contributed by atoms with Crippen molar-refractivity contribution in [3.63, 3.8) is 0 Å². The fraction of sp³-hybridized carbons (Fsp3) is 0. The maximum absolute atomic E-state index is 9.03. The highest BCUT2D eigenvalue weighted by molar-refractivity contribution is 5.75. The Morgan fingerprint density at radius 3 is 2.35 bits per heavy atom. The number of hydrogen-bond acceptors (Lipinski definition) is 5. The van der Waals surface area contributed by atoms with Gasteiger partial charge in [-0.05, 0) is 12.1 Å². The topological polar surface area (TPSA) is 113 Å². The van der Waals surface area contributed by atoms with Crippen LogP contribution >= 0.6 is 0 Å². The van der Waals surface area contributed by atoms with E-state index in [1.807, 2.05) is 12.1 Å². The van der Waals surface area contributed by atoms with E-state index >= 15 is 0 Å². The normalized spacial score (nSPS) is 9.53. The standard InChI is InChI=1S/C12H8N4O/c13-5-9-10(6-14)12(16)17-11(9)7-2-1-3-8(15)4-7/h1-4H,15-16H2. The van der Waals surface area contributed by atoms with Crippen LogP contribution in [-0.4, -0.2) is 0 Å². The first-order valence-electron chi connectivity index (χ1n) is 4.75. The number of nitrogen functional groups attached to an aromatic ring is 2. The van der Waals surface area contributed by atoms with Crippen molar-refractivity contribution in [2.45, 2.75) is 0 Å². The Morgan fingerprint density at radius 2 is 1.76 bits per heavy atom. The van der Waals surface area contributed by atoms with Gasteiger partial charge in [0.2, 0.25) is 5.88 Å². The number of rotatable bonds is 1. The summed E-state index contributed by atoms with van der Waals surface area (Å²) in [5, 5.41) is 17.9. The highest BCUT2D eigenvalue weighted by atomic mass is 16.4. The maximum atomic E-state index is 9.03. The van der Waals surface area contributed by atoms with Gasteiger partial charge in [0.1, 0.15) is 23.3 Å². The Kier molecular flexibility index (Phi) is 2.44. The van der Waals surface area contributed by atoms with Crippen LogP contribution in [0, 0.1) is 22.7 Å². The second kappa shape index (κ2) is 3.92. The van der Waals surface area contributed by atoms with Gasteiger partial charge in [-0.3, -0.25) is 0 Å². The summed E-state index contributed by atoms with van der Waals surface area (Å²) in [6.07, 6.45) is 0. The second-order valence-corrected chi connectivity index (χ2v) is 3.39. The van der Waals surface area contributed by atoms with E-state index in [1.165, 1.54) is 0 Å². The lowest BCUT2D eigenvalue weighted by Crippen LogP contribution is -1.86. The first-order chi connectivity index (χ1) is 8.17. The van der Waals surface area contributed by atoms with Gasteiger partial charge in [-0.2, -0.15) is 10.5 Å². The summed E-state index contributed by atoms with van der Waals surface area (Å²) >= 11 is 0. The molecular formula is C12H8N4O. The maximum Gasteiger partial charge on any atom is 0.210 e. The summed E-state index contributed by atoms with van der Waals surface area (Å²) in [6, 6.07) is 10.6. The number of hydrogen-bond donors (Lipinski definition) is 2. The molecule has 0 amide bonds. The van der Waals surface area contributed by atoms with Crippen LogP contribution in [0.4, 0.5) is 11.6 Å². The van der Waals surface area contributed by atoms with Crippen LogP contribution in [0.25, 0.3) is 11.3 Å². The van der Waals surface area contributed by atoms with Crippen LogP contribution in [0.3, 0.4) is 0 Å². The Bertz CT molecular complexity index is 658. The predicted octanol–water partition coefficient (Wildman–Crippen LogP) is 1.85. The zero-order valence-electron chi connectivity index (χ0n) is 8.77. The van der Waals surface area contributed by atoms with Gasteiger partial charge >= 0.3 is 0 Å². The number of anilines is 2. The zero-order valence-corrected chi connectivity index (χ0v) is 8.77. The van der Waals surface area contributed by atoms with E-state index in [-0.39, 0.29) is 22.8 Å². The van der Waals surface area contributed by atoms with Crippen molar-refractivity contribution in [3.05, 3.63) is 35.4 Å². The van der Waals surface area contributed by atoms with E-state index in [2.05, 4.69) is 0 Å². The minimum atomic E-state index is -0.0542. The molecule has 0 saturated heterocycles. The number of nitrogens with two attached hydrogens (primary N) is 2. The molecule has 17 heavy (non-hydrogen) atoms. The van der Waals surface area contributed by atoms with E-state index in [4.69, 9.17) is 26.4 Å². The highest BCUT2D eigenvalue weighted by Crippen LogP contribution is 2.32. The van der Waals surface area contributed by atoms with Crippen molar-refractivity contribution < 1.29 is 4.42 Å². The molecular weight excluding hydrogens is 216 g/mol. The van der Waals surface area contributed by atoms with Gasteiger partial charge in [-0.15, -0.1) is 0 Å². The fourth-order valence-electron chi connectivity index (χ4n) is 1.55. The van der Waals surface area contributed by atoms with Crippen molar-refractivity contribution >= 4 is 11.6 Å². The van der Waals surface area contributed by atoms with Crippen LogP contribution < -0.4 is 11.5 Å². The third-order valence-electron chi connectivity index (χ3n) is 2.31. The monoisotopic (exact) mass is 224 g/mol. The quantitative estimate of drug-likeness (QED) is 0.717. The predicted molar refractivity (Wildman–Crippen MR) is 62.4 cm³/mol. The Hall–Kier alpha value is -2.92. The van der Waals surface area contributed by atoms with E-state index in [0.29, 0.717) is 11.3 Å². The molecule has 4 N–H and O–H groups in total. The first-order valence-corrected chi connectivity index (χ1v) is 4.75. The minimum absolute atomic E-state index is 0.0542. The number of nitriles is 2. The van der Waals surface area contributed by atoms with E-state index in [1.54, 1.807) is 24.3 Å². The summed E-state index contributed by atoms with van der Waals surface area (Å²) in [5.74, 6) is 0.218. The largest absolute Gasteiger partial charge is 0.438 e. The molecule has 0 bridgehead atoms. The van der Waals surface area contributed by atoms with Gasteiger partial charge in [0.25, 0.3) is 0 Å². The molecule has 0 atom stereocenters. The number of benzene rings is 1. The van der Waals surface area contributed by atoms with Crippen molar-refractivity contribution in [2.75, 3.05) is 11.5 Å². The van der Waals surface area contributed by atoms with Crippen LogP contribution in [0.5, 0.6) is 0 Å². The van der Waals surface area contributed by atoms with Gasteiger partial charge in [-0.1, -0.05) is 12.1 Å². The average Bonchev–Trinajstić information content (AvgIpc) is 2.65. The lowest BCUT2D eigenvalue weighted by molar-refractivity contribution is 0.601. The van der Waals surface area contributed by atoms with E-state index < -0.39 is 0 Å². The molecule has 1 aromatic heterocycles. The second-order valence-electron chi connectivity index (χ2n) is 3.39. The first kappa shape index (κ1) is 10.6. The molecule has 2 rings (SSSR count). The average molecular weight is 224 g/mol. The van der Waals surface area contributed by atoms with Crippen molar-refractivity contribution in [1.82, 2.24) is 0 Å². The van der Waals surface area contributed by atoms with Crippen LogP contribution in [0.1, 0.15) is 11.1 Å². The molecule has 0 saturated carbocycles. The third kappa shape index (κ3) is 1.66. The molecule has 0 aliphatic carbocycles. The molecule has 1 aromatic carbocycles. The molecule has 0 unspecified atom stereocenters. The zero-order chi connectivity index (χ0) is 12.4. The lowest BCUT2D eigenvalue weighted by atomic mass is 10.1. The van der Waals surface area contributed by atoms with Gasteiger partial charge in [-0.25, -0.2) is 0 Å². The molecule has 0 aliphatic heterocycles. The summed E-state index contributed by atoms with van der Waals surface area (Å²) < 4.78 is 5.25. The van der Waals surface area contributed by atoms with Gasteiger partial charge in [0.15, 0.2) is 5.76 Å². The molecule has 2 aromatic rings. The Morgan fingerprint density at radius 1 is 1.06 bits per heavy atom. The van der Waals surface area contributed by atoms with Crippen molar-refractivity contribution in [1.29, 1.82) is 10.5 Å². The summed E-state index contributed by atoms with van der Waals surface area (Å²) in [6.45, 7) is 0. The lowest BCUT2D eigenvalue weighted by Gasteiger charge is -1.98. The van der Waals surface area contributed by atoms with Crippen LogP contribution in [0.2, 0.25) is 0 Å². The van der Waals surface area contributed by atoms with Gasteiger partial charge in [0, 0.05) is 11.3 Å². The molecule has 5 nitrogen and oxygen atoms in total. The smallest absolute Gasteiger partial charge is 0.210 e. The highest BCUT2D eigenvalue weighted by Gasteiger charge is 2.19. The molecule has 0 aliphatic rings. The van der Waals surface area contributed by atoms with E-state index in [9.17, 15) is 0 Å². The SMILES string of the molecule is N#Cc1c(N)oc(-c2cccc(N)c2)c1C#N. The van der Waals surface area contributed by atoms with Crippen LogP contribution in [0.15, 0.2) is 28.7 Å². The molecule has 0 radical (unpaired) electrons. The van der Waals surface area contributed by atoms with Crippen molar-refractivity contribution in [2.24, 2.45) is 0 Å². The third-order valence-corrected chi connectivity index (χ3v) is 2.31. The molecule has 0 spiro atoms. The number of nitrogens with zero attached hydrogens (tertiary/aromatic N) is 2. The Labute approximate surface area is 97.5 Å². The summed E-state index contributed by atoms with van der Waals surface area (Å²) in [4.78, 5) is 0. The van der Waals surface area contributed by atoms with Crippen LogP contribution in [-0.2, 0) is 0 Å². The molecule has 82 valence electrons. The summed E-state index contributed by atoms with van der Waals surface area (Å²) in [7, 11) is 0.